The van der Waals surface area contributed by atoms with Crippen LogP contribution in [0.2, 0.25) is 0 Å². The molecule has 0 radical (unpaired) electrons. The number of rotatable bonds is 7. The molecular formula is C40H48P2. The normalized spacial score (nSPS) is 17.1. The van der Waals surface area contributed by atoms with Crippen LogP contribution in [0, 0.1) is 27.7 Å². The van der Waals surface area contributed by atoms with Crippen LogP contribution in [-0.4, -0.2) is 5.66 Å². The van der Waals surface area contributed by atoms with Crippen molar-refractivity contribution in [3.05, 3.63) is 101 Å². The Kier molecular flexibility index (Phi) is 9.63. The SMILES string of the molecule is Cc1ccc(Pc2cc(-c3ccc(C)cc3)cc(C)c2-c2c(C)cc(C3CCCCC3)cc2PC2CCCCC2)cc1. The summed E-state index contributed by atoms with van der Waals surface area (Å²) >= 11 is 0. The molecule has 0 nitrogen and oxygen atoms in total. The van der Waals surface area contributed by atoms with Gasteiger partial charge in [-0.05, 0) is 126 Å². The van der Waals surface area contributed by atoms with Crippen LogP contribution in [0.15, 0.2) is 72.8 Å². The van der Waals surface area contributed by atoms with Crippen molar-refractivity contribution >= 4 is 33.1 Å². The lowest BCUT2D eigenvalue weighted by atomic mass is 9.82. The van der Waals surface area contributed by atoms with E-state index in [9.17, 15) is 0 Å². The van der Waals surface area contributed by atoms with Crippen LogP contribution in [0.1, 0.15) is 97.9 Å². The van der Waals surface area contributed by atoms with Crippen LogP contribution >= 0.6 is 17.2 Å². The summed E-state index contributed by atoms with van der Waals surface area (Å²) in [7, 11) is 1.55. The highest BCUT2D eigenvalue weighted by molar-refractivity contribution is 7.56. The van der Waals surface area contributed by atoms with Crippen molar-refractivity contribution in [2.75, 3.05) is 0 Å². The van der Waals surface area contributed by atoms with Gasteiger partial charge in [-0.15, -0.1) is 0 Å². The Bertz CT molecular complexity index is 1500. The molecule has 0 aromatic heterocycles. The van der Waals surface area contributed by atoms with Gasteiger partial charge in [0, 0.05) is 0 Å². The minimum absolute atomic E-state index is 0.638. The fourth-order valence-corrected chi connectivity index (χ4v) is 10.5. The van der Waals surface area contributed by atoms with E-state index >= 15 is 0 Å². The molecule has 0 saturated heterocycles. The number of hydrogen-bond acceptors (Lipinski definition) is 0. The molecule has 2 aliphatic rings. The van der Waals surface area contributed by atoms with Gasteiger partial charge in [-0.2, -0.15) is 0 Å². The van der Waals surface area contributed by atoms with Gasteiger partial charge in [0.25, 0.3) is 0 Å². The van der Waals surface area contributed by atoms with Crippen LogP contribution in [0.5, 0.6) is 0 Å². The van der Waals surface area contributed by atoms with Crippen molar-refractivity contribution in [2.45, 2.75) is 103 Å². The average Bonchev–Trinajstić information content (AvgIpc) is 3.00. The molecule has 2 fully saturated rings. The van der Waals surface area contributed by atoms with Crippen molar-refractivity contribution in [3.63, 3.8) is 0 Å². The largest absolute Gasteiger partial charge is 0.0865 e. The maximum atomic E-state index is 2.69. The smallest absolute Gasteiger partial charge is 0.00676 e. The van der Waals surface area contributed by atoms with Crippen LogP contribution in [-0.2, 0) is 0 Å². The monoisotopic (exact) mass is 590 g/mol. The van der Waals surface area contributed by atoms with Crippen molar-refractivity contribution in [3.8, 4) is 22.3 Å². The van der Waals surface area contributed by atoms with Gasteiger partial charge in [0.2, 0.25) is 0 Å². The van der Waals surface area contributed by atoms with Gasteiger partial charge < -0.3 is 0 Å². The Balaban J connectivity index is 1.51. The molecule has 0 bridgehead atoms. The van der Waals surface area contributed by atoms with Crippen LogP contribution < -0.4 is 15.9 Å². The molecule has 0 heterocycles. The molecule has 42 heavy (non-hydrogen) atoms. The predicted octanol–water partition coefficient (Wildman–Crippen LogP) is 10.6. The topological polar surface area (TPSA) is 0 Å². The van der Waals surface area contributed by atoms with Crippen LogP contribution in [0.25, 0.3) is 22.3 Å². The molecule has 0 spiro atoms. The molecule has 2 atom stereocenters. The lowest BCUT2D eigenvalue weighted by Gasteiger charge is -2.28. The molecule has 6 rings (SSSR count). The summed E-state index contributed by atoms with van der Waals surface area (Å²) in [5, 5.41) is 4.58. The highest BCUT2D eigenvalue weighted by Gasteiger charge is 2.24. The van der Waals surface area contributed by atoms with Crippen LogP contribution in [0.4, 0.5) is 0 Å². The van der Waals surface area contributed by atoms with Crippen molar-refractivity contribution < 1.29 is 0 Å². The van der Waals surface area contributed by atoms with E-state index in [0.29, 0.717) is 8.58 Å². The van der Waals surface area contributed by atoms with E-state index in [1.807, 2.05) is 0 Å². The predicted molar refractivity (Wildman–Crippen MR) is 191 cm³/mol. The van der Waals surface area contributed by atoms with Crippen LogP contribution in [0.3, 0.4) is 0 Å². The number of aryl methyl sites for hydroxylation is 4. The third-order valence-electron chi connectivity index (χ3n) is 9.70. The van der Waals surface area contributed by atoms with Crippen molar-refractivity contribution in [2.24, 2.45) is 0 Å². The molecule has 0 amide bonds. The van der Waals surface area contributed by atoms with Gasteiger partial charge in [-0.3, -0.25) is 0 Å². The van der Waals surface area contributed by atoms with E-state index in [2.05, 4.69) is 100 Å². The molecule has 4 aromatic carbocycles. The highest BCUT2D eigenvalue weighted by Crippen LogP contribution is 2.41. The summed E-state index contributed by atoms with van der Waals surface area (Å²) in [6.07, 6.45) is 14.0. The minimum Gasteiger partial charge on any atom is -0.0865 e. The van der Waals surface area contributed by atoms with Gasteiger partial charge in [0.05, 0.1) is 0 Å². The first-order valence-corrected chi connectivity index (χ1v) is 18.5. The molecule has 218 valence electrons. The second-order valence-corrected chi connectivity index (χ2v) is 16.2. The third kappa shape index (κ3) is 6.93. The minimum atomic E-state index is 0.638. The molecule has 2 heteroatoms. The molecular weight excluding hydrogens is 542 g/mol. The molecule has 2 saturated carbocycles. The summed E-state index contributed by atoms with van der Waals surface area (Å²) in [4.78, 5) is 0. The van der Waals surface area contributed by atoms with Gasteiger partial charge in [0.15, 0.2) is 0 Å². The lowest BCUT2D eigenvalue weighted by Crippen LogP contribution is -2.18. The summed E-state index contributed by atoms with van der Waals surface area (Å²) in [5.41, 5.74) is 13.8. The first kappa shape index (κ1) is 29.8. The highest BCUT2D eigenvalue weighted by atomic mass is 31.1. The maximum Gasteiger partial charge on any atom is -0.00676 e. The fourth-order valence-electron chi connectivity index (χ4n) is 7.32. The number of hydrogen-bond donors (Lipinski definition) is 0. The fraction of sp³-hybridized carbons (Fsp3) is 0.400. The standard InChI is InChI=1S/C40H48P2/c1-27-15-19-32(20-16-27)34-24-30(4)40(38(26-34)42-36-21-17-28(2)18-22-36)39-29(3)23-33(31-11-7-5-8-12-31)25-37(39)41-35-13-9-6-10-14-35/h15-26,31,35,41-42H,5-14H2,1-4H3. The summed E-state index contributed by atoms with van der Waals surface area (Å²) < 4.78 is 0. The van der Waals surface area contributed by atoms with Gasteiger partial charge in [0.1, 0.15) is 0 Å². The zero-order chi connectivity index (χ0) is 29.1. The van der Waals surface area contributed by atoms with E-state index in [0.717, 1.165) is 20.2 Å². The number of benzene rings is 4. The van der Waals surface area contributed by atoms with E-state index in [-0.39, 0.29) is 0 Å². The Labute approximate surface area is 258 Å². The molecule has 4 aromatic rings. The van der Waals surface area contributed by atoms with E-state index in [1.54, 1.807) is 16.4 Å². The quantitative estimate of drug-likeness (QED) is 0.188. The summed E-state index contributed by atoms with van der Waals surface area (Å²) in [6.45, 7) is 9.16. The van der Waals surface area contributed by atoms with E-state index in [1.165, 1.54) is 114 Å². The third-order valence-corrected chi connectivity index (χ3v) is 12.7. The van der Waals surface area contributed by atoms with Gasteiger partial charge >= 0.3 is 0 Å². The Hall–Kier alpha value is -2.26. The van der Waals surface area contributed by atoms with E-state index < -0.39 is 0 Å². The van der Waals surface area contributed by atoms with Crippen molar-refractivity contribution in [1.29, 1.82) is 0 Å². The van der Waals surface area contributed by atoms with Gasteiger partial charge in [-0.1, -0.05) is 134 Å². The molecule has 0 N–H and O–H groups in total. The second-order valence-electron chi connectivity index (χ2n) is 13.1. The van der Waals surface area contributed by atoms with E-state index in [4.69, 9.17) is 0 Å². The van der Waals surface area contributed by atoms with Crippen molar-refractivity contribution in [1.82, 2.24) is 0 Å². The summed E-state index contributed by atoms with van der Waals surface area (Å²) in [6, 6.07) is 28.6. The Morgan fingerprint density at radius 3 is 1.76 bits per heavy atom. The zero-order valence-electron chi connectivity index (χ0n) is 26.2. The summed E-state index contributed by atoms with van der Waals surface area (Å²) in [5.74, 6) is 0.750. The average molecular weight is 591 g/mol. The first-order chi connectivity index (χ1) is 20.4. The van der Waals surface area contributed by atoms with Gasteiger partial charge in [-0.25, -0.2) is 0 Å². The molecule has 0 aliphatic heterocycles. The zero-order valence-corrected chi connectivity index (χ0v) is 28.2. The molecule has 2 unspecified atom stereocenters. The molecule has 2 aliphatic carbocycles. The lowest BCUT2D eigenvalue weighted by molar-refractivity contribution is 0.443. The Morgan fingerprint density at radius 1 is 0.524 bits per heavy atom. The first-order valence-electron chi connectivity index (χ1n) is 16.4. The Morgan fingerprint density at radius 2 is 1.10 bits per heavy atom. The maximum absolute atomic E-state index is 2.69. The second kappa shape index (κ2) is 13.6.